The highest BCUT2D eigenvalue weighted by Crippen LogP contribution is 2.10. The predicted molar refractivity (Wildman–Crippen MR) is 195 cm³/mol. The van der Waals surface area contributed by atoms with Crippen molar-refractivity contribution in [1.29, 1.82) is 0 Å². The number of benzene rings is 2. The van der Waals surface area contributed by atoms with E-state index in [4.69, 9.17) is 33.5 Å². The summed E-state index contributed by atoms with van der Waals surface area (Å²) in [6.07, 6.45) is -1.30. The van der Waals surface area contributed by atoms with Crippen molar-refractivity contribution in [1.82, 2.24) is 10.6 Å². The van der Waals surface area contributed by atoms with E-state index in [0.717, 1.165) is 18.8 Å². The Morgan fingerprint density at radius 2 is 1.18 bits per heavy atom. The van der Waals surface area contributed by atoms with E-state index < -0.39 is 29.5 Å². The largest absolute Gasteiger partial charge is 0.444 e. The number of epoxide rings is 1. The summed E-state index contributed by atoms with van der Waals surface area (Å²) in [4.78, 5) is 22.1. The van der Waals surface area contributed by atoms with E-state index in [2.05, 4.69) is 22.8 Å². The fraction of sp³-hybridized carbons (Fsp3) is 0.622. The van der Waals surface area contributed by atoms with Crippen LogP contribution < -0.4 is 10.6 Å². The lowest BCUT2D eigenvalue weighted by Crippen LogP contribution is -2.34. The molecular formula is C37H66N2O10. The molecule has 0 radical (unpaired) electrons. The smallest absolute Gasteiger partial charge is 0.407 e. The summed E-state index contributed by atoms with van der Waals surface area (Å²) < 4.78 is 31.1. The van der Waals surface area contributed by atoms with Crippen molar-refractivity contribution in [3.8, 4) is 0 Å². The number of amides is 2. The average Bonchev–Trinajstić information content (AvgIpc) is 3.80. The molecular weight excluding hydrogens is 632 g/mol. The fourth-order valence-corrected chi connectivity index (χ4v) is 3.21. The predicted octanol–water partition coefficient (Wildman–Crippen LogP) is 6.12. The monoisotopic (exact) mass is 698 g/mol. The molecule has 0 aromatic heterocycles. The number of alkyl carbamates (subject to hydrolysis) is 2. The highest BCUT2D eigenvalue weighted by molar-refractivity contribution is 5.67. The SMILES string of the molecule is C.C.C.CC(C)(C)OC(=O)NCCO.CC(C)(C)OC(=O)NCCOC[C@@H](O)COCc1ccccc1.c1ccc(COC[C@@H]2CO2)cc1. The number of hydrogen-bond acceptors (Lipinski definition) is 10. The van der Waals surface area contributed by atoms with E-state index in [1.807, 2.05) is 48.5 Å². The molecule has 2 aromatic carbocycles. The van der Waals surface area contributed by atoms with E-state index in [1.165, 1.54) is 5.56 Å². The van der Waals surface area contributed by atoms with Gasteiger partial charge in [0, 0.05) is 13.1 Å². The van der Waals surface area contributed by atoms with E-state index in [-0.39, 0.29) is 48.6 Å². The number of carbonyl (C=O) groups excluding carboxylic acids is 2. The van der Waals surface area contributed by atoms with Crippen molar-refractivity contribution >= 4 is 12.2 Å². The Kier molecular flexibility index (Phi) is 29.2. The lowest BCUT2D eigenvalue weighted by molar-refractivity contribution is -0.0229. The summed E-state index contributed by atoms with van der Waals surface area (Å²) in [7, 11) is 0. The van der Waals surface area contributed by atoms with Crippen LogP contribution >= 0.6 is 0 Å². The second kappa shape index (κ2) is 28.6. The van der Waals surface area contributed by atoms with Gasteiger partial charge in [-0.3, -0.25) is 0 Å². The molecule has 1 aliphatic heterocycles. The molecule has 0 spiro atoms. The minimum absolute atomic E-state index is 0. The van der Waals surface area contributed by atoms with E-state index in [9.17, 15) is 14.7 Å². The first-order valence-corrected chi connectivity index (χ1v) is 15.4. The van der Waals surface area contributed by atoms with Gasteiger partial charge in [0.2, 0.25) is 0 Å². The quantitative estimate of drug-likeness (QED) is 0.126. The van der Waals surface area contributed by atoms with E-state index in [1.54, 1.807) is 41.5 Å². The average molecular weight is 699 g/mol. The number of carbonyl (C=O) groups is 2. The van der Waals surface area contributed by atoms with Gasteiger partial charge in [0.1, 0.15) is 23.4 Å². The first-order valence-electron chi connectivity index (χ1n) is 15.4. The molecule has 0 bridgehead atoms. The van der Waals surface area contributed by atoms with Crippen LogP contribution in [0.15, 0.2) is 60.7 Å². The van der Waals surface area contributed by atoms with Crippen LogP contribution in [-0.4, -0.2) is 98.5 Å². The van der Waals surface area contributed by atoms with Crippen molar-refractivity contribution in [3.63, 3.8) is 0 Å². The van der Waals surface area contributed by atoms with Crippen molar-refractivity contribution in [2.24, 2.45) is 0 Å². The van der Waals surface area contributed by atoms with Crippen LogP contribution in [-0.2, 0) is 41.6 Å². The number of ether oxygens (including phenoxy) is 6. The third-order valence-corrected chi connectivity index (χ3v) is 5.24. The van der Waals surface area contributed by atoms with Crippen LogP contribution in [0, 0.1) is 0 Å². The van der Waals surface area contributed by atoms with Crippen molar-refractivity contribution in [2.75, 3.05) is 52.7 Å². The highest BCUT2D eigenvalue weighted by Gasteiger charge is 2.22. The molecule has 1 heterocycles. The molecule has 0 unspecified atom stereocenters. The van der Waals surface area contributed by atoms with Crippen LogP contribution in [0.25, 0.3) is 0 Å². The Hall–Kier alpha value is -3.26. The first-order chi connectivity index (χ1) is 21.8. The molecule has 12 nitrogen and oxygen atoms in total. The zero-order valence-corrected chi connectivity index (χ0v) is 28.2. The van der Waals surface area contributed by atoms with Crippen LogP contribution in [0.4, 0.5) is 9.59 Å². The Labute approximate surface area is 295 Å². The summed E-state index contributed by atoms with van der Waals surface area (Å²) in [5.74, 6) is 0. The molecule has 2 atom stereocenters. The highest BCUT2D eigenvalue weighted by atomic mass is 16.6. The molecule has 2 amide bonds. The molecule has 0 saturated carbocycles. The molecule has 12 heteroatoms. The van der Waals surface area contributed by atoms with Crippen LogP contribution in [0.3, 0.4) is 0 Å². The lowest BCUT2D eigenvalue weighted by atomic mass is 10.2. The molecule has 1 saturated heterocycles. The lowest BCUT2D eigenvalue weighted by Gasteiger charge is -2.19. The van der Waals surface area contributed by atoms with Gasteiger partial charge >= 0.3 is 12.2 Å². The Morgan fingerprint density at radius 1 is 0.755 bits per heavy atom. The van der Waals surface area contributed by atoms with E-state index >= 15 is 0 Å². The van der Waals surface area contributed by atoms with Crippen molar-refractivity contribution in [2.45, 2.75) is 100 Å². The topological polar surface area (TPSA) is 157 Å². The summed E-state index contributed by atoms with van der Waals surface area (Å²) >= 11 is 0. The minimum Gasteiger partial charge on any atom is -0.444 e. The summed E-state index contributed by atoms with van der Waals surface area (Å²) in [6.45, 7) is 14.7. The number of nitrogens with one attached hydrogen (secondary N) is 2. The zero-order valence-electron chi connectivity index (χ0n) is 28.2. The molecule has 49 heavy (non-hydrogen) atoms. The van der Waals surface area contributed by atoms with Gasteiger partial charge < -0.3 is 49.3 Å². The number of rotatable bonds is 15. The number of aliphatic hydroxyl groups is 2. The Morgan fingerprint density at radius 3 is 1.61 bits per heavy atom. The van der Waals surface area contributed by atoms with Crippen molar-refractivity contribution in [3.05, 3.63) is 71.8 Å². The third-order valence-electron chi connectivity index (χ3n) is 5.24. The maximum absolute atomic E-state index is 11.4. The minimum atomic E-state index is -0.694. The van der Waals surface area contributed by atoms with Crippen LogP contribution in [0.5, 0.6) is 0 Å². The van der Waals surface area contributed by atoms with Crippen molar-refractivity contribution < 1.29 is 48.2 Å². The molecule has 2 aromatic rings. The summed E-state index contributed by atoms with van der Waals surface area (Å²) in [5.41, 5.74) is 1.29. The molecule has 4 N–H and O–H groups in total. The zero-order chi connectivity index (χ0) is 34.3. The number of aliphatic hydroxyl groups excluding tert-OH is 2. The van der Waals surface area contributed by atoms with Gasteiger partial charge in [-0.15, -0.1) is 0 Å². The van der Waals surface area contributed by atoms with Gasteiger partial charge in [0.15, 0.2) is 0 Å². The van der Waals surface area contributed by atoms with Crippen LogP contribution in [0.1, 0.15) is 74.9 Å². The maximum atomic E-state index is 11.4. The summed E-state index contributed by atoms with van der Waals surface area (Å²) in [6, 6.07) is 19.9. The Balaban J connectivity index is -0.000000690. The van der Waals surface area contributed by atoms with Gasteiger partial charge in [-0.2, -0.15) is 0 Å². The molecule has 1 aliphatic rings. The van der Waals surface area contributed by atoms with E-state index in [0.29, 0.717) is 32.5 Å². The maximum Gasteiger partial charge on any atom is 0.407 e. The second-order valence-electron chi connectivity index (χ2n) is 12.3. The molecule has 284 valence electrons. The van der Waals surface area contributed by atoms with Gasteiger partial charge in [-0.1, -0.05) is 82.9 Å². The second-order valence-corrected chi connectivity index (χ2v) is 12.3. The molecule has 1 fully saturated rings. The Bertz CT molecular complexity index is 1060. The van der Waals surface area contributed by atoms with Gasteiger partial charge in [-0.25, -0.2) is 9.59 Å². The standard InChI is InChI=1S/C17H27NO5.C10H12O2.C7H15NO3.3CH4/c1-17(2,3)23-16(20)18-9-10-21-12-15(19)13-22-11-14-7-5-4-6-8-14;1-2-4-9(5-3-1)6-11-7-10-8-12-10;1-7(2,3)11-6(10)8-4-5-9;;;/h4-8,15,19H,9-13H2,1-3H3,(H,18,20);1-5,10H,6-8H2;9H,4-5H2,1-3H3,(H,8,10);3*1H4/t15-;10-;;;;/m11..../s1. The van der Waals surface area contributed by atoms with Crippen LogP contribution in [0.2, 0.25) is 0 Å². The third kappa shape index (κ3) is 33.0. The van der Waals surface area contributed by atoms with Gasteiger partial charge in [0.25, 0.3) is 0 Å². The first kappa shape index (κ1) is 50.1. The fourth-order valence-electron chi connectivity index (χ4n) is 3.21. The summed E-state index contributed by atoms with van der Waals surface area (Å²) in [5, 5.41) is 23.0. The molecule has 0 aliphatic carbocycles. The van der Waals surface area contributed by atoms with Gasteiger partial charge in [0.05, 0.1) is 52.9 Å². The number of hydrogen-bond donors (Lipinski definition) is 4. The molecule has 3 rings (SSSR count). The van der Waals surface area contributed by atoms with Gasteiger partial charge in [-0.05, 0) is 52.7 Å². The normalized spacial score (nSPS) is 13.5.